The number of nitrogens with one attached hydrogen (secondary N) is 2. The maximum Gasteiger partial charge on any atom is 0.251 e. The number of thiazole rings is 1. The van der Waals surface area contributed by atoms with Gasteiger partial charge in [-0.3, -0.25) is 9.59 Å². The molecule has 0 aliphatic carbocycles. The molecule has 0 saturated heterocycles. The van der Waals surface area contributed by atoms with Gasteiger partial charge in [-0.15, -0.1) is 11.3 Å². The van der Waals surface area contributed by atoms with Crippen LogP contribution in [-0.2, 0) is 4.79 Å². The second-order valence-electron chi connectivity index (χ2n) is 3.58. The molecule has 0 bridgehead atoms. The van der Waals surface area contributed by atoms with Crippen molar-refractivity contribution in [3.63, 3.8) is 0 Å². The minimum absolute atomic E-state index is 0.0888. The van der Waals surface area contributed by atoms with Crippen molar-refractivity contribution in [2.24, 2.45) is 0 Å². The fourth-order valence-corrected chi connectivity index (χ4v) is 2.12. The Kier molecular flexibility index (Phi) is 4.64. The third kappa shape index (κ3) is 4.15. The van der Waals surface area contributed by atoms with E-state index in [1.807, 2.05) is 0 Å². The van der Waals surface area contributed by atoms with Crippen LogP contribution in [0.15, 0.2) is 40.3 Å². The summed E-state index contributed by atoms with van der Waals surface area (Å²) in [7, 11) is 0. The van der Waals surface area contributed by atoms with Gasteiger partial charge in [0.25, 0.3) is 5.91 Å². The van der Waals surface area contributed by atoms with Gasteiger partial charge in [-0.25, -0.2) is 4.98 Å². The maximum absolute atomic E-state index is 11.7. The topological polar surface area (TPSA) is 71.1 Å². The number of anilines is 1. The van der Waals surface area contributed by atoms with Crippen molar-refractivity contribution in [2.45, 2.75) is 0 Å². The van der Waals surface area contributed by atoms with Crippen LogP contribution in [0.4, 0.5) is 5.13 Å². The van der Waals surface area contributed by atoms with E-state index in [0.29, 0.717) is 10.7 Å². The lowest BCUT2D eigenvalue weighted by atomic mass is 10.2. The molecule has 2 rings (SSSR count). The van der Waals surface area contributed by atoms with Crippen molar-refractivity contribution < 1.29 is 9.59 Å². The summed E-state index contributed by atoms with van der Waals surface area (Å²) in [4.78, 5) is 27.2. The highest BCUT2D eigenvalue weighted by molar-refractivity contribution is 9.10. The number of hydrogen-bond acceptors (Lipinski definition) is 4. The predicted octanol–water partition coefficient (Wildman–Crippen LogP) is 2.27. The summed E-state index contributed by atoms with van der Waals surface area (Å²) >= 11 is 4.61. The summed E-state index contributed by atoms with van der Waals surface area (Å²) < 4.78 is 0.894. The molecular formula is C12H10BrN3O2S. The summed E-state index contributed by atoms with van der Waals surface area (Å²) in [6.45, 7) is -0.0888. The van der Waals surface area contributed by atoms with Gasteiger partial charge in [0.2, 0.25) is 5.91 Å². The number of carbonyl (C=O) groups is 2. The molecule has 1 aromatic carbocycles. The Morgan fingerprint density at radius 2 is 2.00 bits per heavy atom. The minimum atomic E-state index is -0.305. The van der Waals surface area contributed by atoms with Crippen molar-refractivity contribution in [1.29, 1.82) is 0 Å². The Labute approximate surface area is 122 Å². The molecule has 5 nitrogen and oxygen atoms in total. The first-order valence-electron chi connectivity index (χ1n) is 5.38. The van der Waals surface area contributed by atoms with Gasteiger partial charge in [0.05, 0.1) is 6.54 Å². The van der Waals surface area contributed by atoms with Crippen molar-refractivity contribution in [1.82, 2.24) is 10.3 Å². The molecule has 0 aliphatic heterocycles. The van der Waals surface area contributed by atoms with Gasteiger partial charge in [-0.05, 0) is 24.3 Å². The molecule has 1 aromatic heterocycles. The Bertz CT molecular complexity index is 569. The summed E-state index contributed by atoms with van der Waals surface area (Å²) in [5.41, 5.74) is 0.505. The van der Waals surface area contributed by atoms with Crippen LogP contribution in [0.2, 0.25) is 0 Å². The highest BCUT2D eigenvalue weighted by atomic mass is 79.9. The Morgan fingerprint density at radius 3 is 2.63 bits per heavy atom. The van der Waals surface area contributed by atoms with Crippen LogP contribution in [-0.4, -0.2) is 23.3 Å². The molecule has 2 aromatic rings. The van der Waals surface area contributed by atoms with Gasteiger partial charge in [-0.1, -0.05) is 15.9 Å². The van der Waals surface area contributed by atoms with Gasteiger partial charge in [0.1, 0.15) is 0 Å². The second kappa shape index (κ2) is 6.44. The first kappa shape index (κ1) is 13.7. The number of aromatic nitrogens is 1. The normalized spacial score (nSPS) is 9.95. The van der Waals surface area contributed by atoms with Crippen LogP contribution in [0.3, 0.4) is 0 Å². The Hall–Kier alpha value is -1.73. The minimum Gasteiger partial charge on any atom is -0.343 e. The van der Waals surface area contributed by atoms with Crippen LogP contribution in [0.1, 0.15) is 10.4 Å². The van der Waals surface area contributed by atoms with Gasteiger partial charge in [0, 0.05) is 21.6 Å². The summed E-state index contributed by atoms with van der Waals surface area (Å²) in [5.74, 6) is -0.595. The zero-order chi connectivity index (χ0) is 13.7. The molecule has 0 fully saturated rings. The smallest absolute Gasteiger partial charge is 0.251 e. The molecule has 19 heavy (non-hydrogen) atoms. The highest BCUT2D eigenvalue weighted by Gasteiger charge is 2.08. The van der Waals surface area contributed by atoms with E-state index in [4.69, 9.17) is 0 Å². The van der Waals surface area contributed by atoms with Gasteiger partial charge >= 0.3 is 0 Å². The van der Waals surface area contributed by atoms with Crippen LogP contribution < -0.4 is 10.6 Å². The average molecular weight is 340 g/mol. The standard InChI is InChI=1S/C12H10BrN3O2S/c13-9-3-1-8(2-4-9)11(18)15-7-10(17)16-12-14-5-6-19-12/h1-6H,7H2,(H,15,18)(H,14,16,17). The zero-order valence-corrected chi connectivity index (χ0v) is 12.1. The fraction of sp³-hybridized carbons (Fsp3) is 0.0833. The van der Waals surface area contributed by atoms with E-state index in [1.165, 1.54) is 11.3 Å². The van der Waals surface area contributed by atoms with E-state index in [2.05, 4.69) is 31.5 Å². The molecule has 0 spiro atoms. The van der Waals surface area contributed by atoms with Crippen molar-refractivity contribution in [3.8, 4) is 0 Å². The molecule has 0 aliphatic rings. The number of amides is 2. The van der Waals surface area contributed by atoms with E-state index in [1.54, 1.807) is 35.8 Å². The Balaban J connectivity index is 1.83. The van der Waals surface area contributed by atoms with E-state index < -0.39 is 0 Å². The van der Waals surface area contributed by atoms with E-state index in [0.717, 1.165) is 4.47 Å². The number of benzene rings is 1. The number of carbonyl (C=O) groups excluding carboxylic acids is 2. The summed E-state index contributed by atoms with van der Waals surface area (Å²) in [6.07, 6.45) is 1.60. The molecule has 7 heteroatoms. The van der Waals surface area contributed by atoms with Gasteiger partial charge in [0.15, 0.2) is 5.13 Å². The lowest BCUT2D eigenvalue weighted by Gasteiger charge is -2.05. The molecule has 2 amide bonds. The predicted molar refractivity (Wildman–Crippen MR) is 77.2 cm³/mol. The van der Waals surface area contributed by atoms with E-state index in [-0.39, 0.29) is 18.4 Å². The lowest BCUT2D eigenvalue weighted by molar-refractivity contribution is -0.115. The molecule has 0 unspecified atom stereocenters. The van der Waals surface area contributed by atoms with Crippen LogP contribution in [0, 0.1) is 0 Å². The summed E-state index contributed by atoms with van der Waals surface area (Å²) in [6, 6.07) is 6.89. The third-order valence-corrected chi connectivity index (χ3v) is 3.41. The monoisotopic (exact) mass is 339 g/mol. The molecule has 0 radical (unpaired) electrons. The first-order chi connectivity index (χ1) is 9.15. The van der Waals surface area contributed by atoms with Crippen LogP contribution >= 0.6 is 27.3 Å². The molecule has 2 N–H and O–H groups in total. The zero-order valence-electron chi connectivity index (χ0n) is 9.72. The van der Waals surface area contributed by atoms with Gasteiger partial charge in [-0.2, -0.15) is 0 Å². The quantitative estimate of drug-likeness (QED) is 0.897. The largest absolute Gasteiger partial charge is 0.343 e. The Morgan fingerprint density at radius 1 is 1.26 bits per heavy atom. The number of nitrogens with zero attached hydrogens (tertiary/aromatic N) is 1. The molecular weight excluding hydrogens is 330 g/mol. The third-order valence-electron chi connectivity index (χ3n) is 2.19. The SMILES string of the molecule is O=C(CNC(=O)c1ccc(Br)cc1)Nc1nccs1. The highest BCUT2D eigenvalue weighted by Crippen LogP contribution is 2.11. The summed E-state index contributed by atoms with van der Waals surface area (Å²) in [5, 5.41) is 7.40. The van der Waals surface area contributed by atoms with E-state index in [9.17, 15) is 9.59 Å². The second-order valence-corrected chi connectivity index (χ2v) is 5.39. The van der Waals surface area contributed by atoms with Crippen molar-refractivity contribution >= 4 is 44.2 Å². The van der Waals surface area contributed by atoms with Crippen LogP contribution in [0.5, 0.6) is 0 Å². The molecule has 1 heterocycles. The molecule has 98 valence electrons. The fourth-order valence-electron chi connectivity index (χ4n) is 1.31. The van der Waals surface area contributed by atoms with Crippen LogP contribution in [0.25, 0.3) is 0 Å². The lowest BCUT2D eigenvalue weighted by Crippen LogP contribution is -2.32. The number of hydrogen-bond donors (Lipinski definition) is 2. The van der Waals surface area contributed by atoms with Crippen molar-refractivity contribution in [3.05, 3.63) is 45.9 Å². The first-order valence-corrected chi connectivity index (χ1v) is 7.05. The van der Waals surface area contributed by atoms with Crippen molar-refractivity contribution in [2.75, 3.05) is 11.9 Å². The van der Waals surface area contributed by atoms with Gasteiger partial charge < -0.3 is 10.6 Å². The average Bonchev–Trinajstić information content (AvgIpc) is 2.89. The molecule has 0 saturated carbocycles. The maximum atomic E-state index is 11.7. The van der Waals surface area contributed by atoms with E-state index >= 15 is 0 Å². The number of halogens is 1. The molecule has 0 atom stereocenters. The number of rotatable bonds is 4.